The monoisotopic (exact) mass is 491 g/mol. The molecule has 0 radical (unpaired) electrons. The number of carboxylic acid groups (broad SMARTS) is 1. The maximum atomic E-state index is 13.3. The van der Waals surface area contributed by atoms with Gasteiger partial charge in [-0.25, -0.2) is 0 Å². The largest absolute Gasteiger partial charge is 0.487 e. The molecule has 0 spiro atoms. The molecule has 0 saturated heterocycles. The van der Waals surface area contributed by atoms with Crippen molar-refractivity contribution in [3.05, 3.63) is 99.6 Å². The predicted octanol–water partition coefficient (Wildman–Crippen LogP) is 6.13. The molecule has 1 aliphatic heterocycles. The number of rotatable bonds is 8. The van der Waals surface area contributed by atoms with Crippen LogP contribution in [0.3, 0.4) is 0 Å². The van der Waals surface area contributed by atoms with Crippen LogP contribution in [0.25, 0.3) is 0 Å². The molecule has 0 saturated carbocycles. The van der Waals surface area contributed by atoms with Gasteiger partial charge in [0.25, 0.3) is 5.91 Å². The molecule has 1 atom stereocenters. The molecule has 3 aromatic carbocycles. The summed E-state index contributed by atoms with van der Waals surface area (Å²) >= 11 is 6.07. The van der Waals surface area contributed by atoms with Gasteiger partial charge in [-0.1, -0.05) is 61.8 Å². The van der Waals surface area contributed by atoms with Crippen LogP contribution in [0.2, 0.25) is 5.02 Å². The molecule has 0 aromatic heterocycles. The summed E-state index contributed by atoms with van der Waals surface area (Å²) in [6.07, 6.45) is 1.42. The molecule has 0 fully saturated rings. The van der Waals surface area contributed by atoms with Gasteiger partial charge in [-0.15, -0.1) is 0 Å². The summed E-state index contributed by atoms with van der Waals surface area (Å²) in [6.45, 7) is 6.20. The van der Waals surface area contributed by atoms with Crippen molar-refractivity contribution < 1.29 is 19.4 Å². The van der Waals surface area contributed by atoms with Gasteiger partial charge >= 0.3 is 5.97 Å². The van der Waals surface area contributed by atoms with E-state index < -0.39 is 18.1 Å². The van der Waals surface area contributed by atoms with Crippen LogP contribution in [0.15, 0.2) is 66.7 Å². The number of carbonyl (C=O) groups is 2. The fourth-order valence-corrected chi connectivity index (χ4v) is 4.82. The van der Waals surface area contributed by atoms with E-state index in [0.29, 0.717) is 22.9 Å². The third-order valence-corrected chi connectivity index (χ3v) is 6.56. The van der Waals surface area contributed by atoms with Crippen molar-refractivity contribution in [3.8, 4) is 5.75 Å². The first-order chi connectivity index (χ1) is 16.6. The van der Waals surface area contributed by atoms with E-state index in [2.05, 4.69) is 45.0 Å². The zero-order chi connectivity index (χ0) is 25.2. The van der Waals surface area contributed by atoms with E-state index in [4.69, 9.17) is 16.3 Å². The Morgan fingerprint density at radius 1 is 1.06 bits per heavy atom. The second-order valence-corrected chi connectivity index (χ2v) is 10.2. The molecule has 1 aliphatic rings. The van der Waals surface area contributed by atoms with Crippen molar-refractivity contribution in [3.63, 3.8) is 0 Å². The highest BCUT2D eigenvalue weighted by Crippen LogP contribution is 2.38. The minimum Gasteiger partial charge on any atom is -0.487 e. The Kier molecular flexibility index (Phi) is 7.18. The van der Waals surface area contributed by atoms with Gasteiger partial charge in [0.1, 0.15) is 17.9 Å². The van der Waals surface area contributed by atoms with Crippen LogP contribution in [-0.2, 0) is 24.2 Å². The molecule has 5 nitrogen and oxygen atoms in total. The van der Waals surface area contributed by atoms with Gasteiger partial charge in [-0.2, -0.15) is 0 Å². The lowest BCUT2D eigenvalue weighted by molar-refractivity contribution is -0.137. The maximum absolute atomic E-state index is 13.3. The number of fused-ring (bicyclic) bond motifs is 1. The smallest absolute Gasteiger partial charge is 0.323 e. The van der Waals surface area contributed by atoms with Gasteiger partial charge in [0.05, 0.1) is 0 Å². The molecule has 1 amide bonds. The summed E-state index contributed by atoms with van der Waals surface area (Å²) in [5.41, 5.74) is 4.27. The predicted molar refractivity (Wildman–Crippen MR) is 137 cm³/mol. The van der Waals surface area contributed by atoms with Crippen LogP contribution >= 0.6 is 11.6 Å². The fourth-order valence-electron chi connectivity index (χ4n) is 4.61. The van der Waals surface area contributed by atoms with E-state index >= 15 is 0 Å². The fraction of sp³-hybridized carbons (Fsp3) is 0.310. The second kappa shape index (κ2) is 10.1. The number of amides is 1. The van der Waals surface area contributed by atoms with E-state index in [1.54, 1.807) is 24.3 Å². The van der Waals surface area contributed by atoms with Crippen LogP contribution in [0.5, 0.6) is 5.75 Å². The number of hydrogen-bond acceptors (Lipinski definition) is 3. The Morgan fingerprint density at radius 3 is 2.46 bits per heavy atom. The zero-order valence-electron chi connectivity index (χ0n) is 20.3. The standard InChI is InChI=1S/C29H30ClNO4/c1-19(2)22-9-7-20(8-10-22)15-29(3)16-24-14-23(11-12-26(24)35-29)28(34)31(18-27(32)33)17-21-5-4-6-25(30)13-21/h4-14,19H,15-18H2,1-3H3,(H,32,33)/t29-/m0/s1. The first-order valence-corrected chi connectivity index (χ1v) is 12.2. The third-order valence-electron chi connectivity index (χ3n) is 6.33. The van der Waals surface area contributed by atoms with Gasteiger partial charge in [-0.05, 0) is 65.4 Å². The first kappa shape index (κ1) is 24.8. The van der Waals surface area contributed by atoms with Crippen LogP contribution in [0.1, 0.15) is 59.3 Å². The Morgan fingerprint density at radius 2 is 1.80 bits per heavy atom. The summed E-state index contributed by atoms with van der Waals surface area (Å²) < 4.78 is 6.31. The quantitative estimate of drug-likeness (QED) is 0.412. The lowest BCUT2D eigenvalue weighted by atomic mass is 9.90. The molecule has 182 valence electrons. The van der Waals surface area contributed by atoms with Crippen molar-refractivity contribution in [2.24, 2.45) is 0 Å². The lowest BCUT2D eigenvalue weighted by Gasteiger charge is -2.24. The van der Waals surface area contributed by atoms with E-state index in [-0.39, 0.29) is 12.5 Å². The molecule has 35 heavy (non-hydrogen) atoms. The first-order valence-electron chi connectivity index (χ1n) is 11.8. The van der Waals surface area contributed by atoms with Crippen molar-refractivity contribution in [1.82, 2.24) is 4.90 Å². The molecule has 0 bridgehead atoms. The Balaban J connectivity index is 1.50. The molecule has 6 heteroatoms. The summed E-state index contributed by atoms with van der Waals surface area (Å²) in [5.74, 6) is -0.154. The van der Waals surface area contributed by atoms with Crippen LogP contribution in [0.4, 0.5) is 0 Å². The van der Waals surface area contributed by atoms with E-state index in [1.807, 2.05) is 18.2 Å². The third kappa shape index (κ3) is 6.04. The number of ether oxygens (including phenoxy) is 1. The average Bonchev–Trinajstić information content (AvgIpc) is 3.13. The summed E-state index contributed by atoms with van der Waals surface area (Å²) in [5, 5.41) is 9.92. The molecule has 0 aliphatic carbocycles. The van der Waals surface area contributed by atoms with Crippen molar-refractivity contribution in [1.29, 1.82) is 0 Å². The number of nitrogens with zero attached hydrogens (tertiary/aromatic N) is 1. The van der Waals surface area contributed by atoms with Crippen LogP contribution in [0, 0.1) is 0 Å². The van der Waals surface area contributed by atoms with Gasteiger partial charge < -0.3 is 14.7 Å². The summed E-state index contributed by atoms with van der Waals surface area (Å²) in [7, 11) is 0. The number of carboxylic acids is 1. The molecule has 3 aromatic rings. The highest BCUT2D eigenvalue weighted by molar-refractivity contribution is 6.30. The topological polar surface area (TPSA) is 66.8 Å². The van der Waals surface area contributed by atoms with Gasteiger partial charge in [0.2, 0.25) is 0 Å². The summed E-state index contributed by atoms with van der Waals surface area (Å²) in [4.78, 5) is 26.1. The summed E-state index contributed by atoms with van der Waals surface area (Å²) in [6, 6.07) is 21.1. The van der Waals surface area contributed by atoms with Crippen LogP contribution in [-0.4, -0.2) is 34.0 Å². The number of aliphatic carboxylic acids is 1. The van der Waals surface area contributed by atoms with Crippen molar-refractivity contribution in [2.75, 3.05) is 6.54 Å². The highest BCUT2D eigenvalue weighted by Gasteiger charge is 2.35. The van der Waals surface area contributed by atoms with Gasteiger partial charge in [-0.3, -0.25) is 9.59 Å². The maximum Gasteiger partial charge on any atom is 0.323 e. The Hall–Kier alpha value is -3.31. The van der Waals surface area contributed by atoms with E-state index in [9.17, 15) is 14.7 Å². The number of carbonyl (C=O) groups excluding carboxylic acids is 1. The molecular weight excluding hydrogens is 462 g/mol. The minimum atomic E-state index is -1.07. The Labute approximate surface area is 211 Å². The Bertz CT molecular complexity index is 1240. The van der Waals surface area contributed by atoms with E-state index in [1.165, 1.54) is 16.0 Å². The number of hydrogen-bond donors (Lipinski definition) is 1. The van der Waals surface area contributed by atoms with Gasteiger partial charge in [0, 0.05) is 30.0 Å². The number of benzene rings is 3. The molecule has 1 heterocycles. The molecule has 0 unspecified atom stereocenters. The van der Waals surface area contributed by atoms with Crippen molar-refractivity contribution >= 4 is 23.5 Å². The normalized spacial score (nSPS) is 16.6. The lowest BCUT2D eigenvalue weighted by Crippen LogP contribution is -2.35. The molecule has 4 rings (SSSR count). The highest BCUT2D eigenvalue weighted by atomic mass is 35.5. The molecular formula is C29H30ClNO4. The average molecular weight is 492 g/mol. The van der Waals surface area contributed by atoms with Crippen LogP contribution < -0.4 is 4.74 Å². The van der Waals surface area contributed by atoms with E-state index in [0.717, 1.165) is 23.3 Å². The SMILES string of the molecule is CC(C)c1ccc(C[C@@]2(C)Cc3cc(C(=O)N(CC(=O)O)Cc4cccc(Cl)c4)ccc3O2)cc1. The second-order valence-electron chi connectivity index (χ2n) is 9.81. The van der Waals surface area contributed by atoms with Gasteiger partial charge in [0.15, 0.2) is 0 Å². The minimum absolute atomic E-state index is 0.156. The number of halogens is 1. The molecule has 1 N–H and O–H groups in total. The zero-order valence-corrected chi connectivity index (χ0v) is 21.0. The van der Waals surface area contributed by atoms with Crippen molar-refractivity contribution in [2.45, 2.75) is 51.7 Å².